The standard InChI is InChI=1S/C13H10N2O5S2/c16-10(17)6-8(12(19)20)15-11(18)9(22-13(15)21)5-7-1-3-14-4-2-7/h1-5,8H,6H2,(H,16,17)(H,19,20)/b9-5-/t8-/m0/s1. The Bertz CT molecular complexity index is 674. The second kappa shape index (κ2) is 6.67. The number of rotatable bonds is 5. The Kier molecular flexibility index (Phi) is 4.88. The minimum absolute atomic E-state index is 0.0268. The zero-order valence-electron chi connectivity index (χ0n) is 11.0. The van der Waals surface area contributed by atoms with Gasteiger partial charge in [-0.25, -0.2) is 4.79 Å². The van der Waals surface area contributed by atoms with Gasteiger partial charge in [0.25, 0.3) is 5.91 Å². The SMILES string of the molecule is O=C(O)C[C@@H](C(=O)O)N1C(=O)/C(=C/c2ccncc2)SC1=S. The highest BCUT2D eigenvalue weighted by atomic mass is 32.2. The van der Waals surface area contributed by atoms with Gasteiger partial charge < -0.3 is 10.2 Å². The molecule has 7 nitrogen and oxygen atoms in total. The molecule has 0 radical (unpaired) electrons. The predicted octanol–water partition coefficient (Wildman–Crippen LogP) is 1.21. The molecule has 1 amide bonds. The van der Waals surface area contributed by atoms with Gasteiger partial charge in [0.15, 0.2) is 0 Å². The number of carbonyl (C=O) groups excluding carboxylic acids is 1. The summed E-state index contributed by atoms with van der Waals surface area (Å²) in [6, 6.07) is 1.84. The van der Waals surface area contributed by atoms with Crippen LogP contribution in [-0.4, -0.2) is 48.3 Å². The molecule has 0 saturated carbocycles. The molecule has 114 valence electrons. The van der Waals surface area contributed by atoms with E-state index in [1.54, 1.807) is 30.6 Å². The van der Waals surface area contributed by atoms with Gasteiger partial charge in [-0.3, -0.25) is 19.5 Å². The number of carboxylic acid groups (broad SMARTS) is 2. The van der Waals surface area contributed by atoms with Gasteiger partial charge in [-0.2, -0.15) is 0 Å². The first-order valence-corrected chi connectivity index (χ1v) is 7.24. The van der Waals surface area contributed by atoms with Gasteiger partial charge in [0, 0.05) is 12.4 Å². The van der Waals surface area contributed by atoms with Gasteiger partial charge in [0.05, 0.1) is 11.3 Å². The number of carboxylic acids is 2. The van der Waals surface area contributed by atoms with E-state index in [1.807, 2.05) is 0 Å². The zero-order chi connectivity index (χ0) is 16.3. The van der Waals surface area contributed by atoms with Crippen LogP contribution >= 0.6 is 24.0 Å². The summed E-state index contributed by atoms with van der Waals surface area (Å²) in [7, 11) is 0. The van der Waals surface area contributed by atoms with Crippen molar-refractivity contribution in [3.8, 4) is 0 Å². The summed E-state index contributed by atoms with van der Waals surface area (Å²) in [4.78, 5) is 39.3. The van der Waals surface area contributed by atoms with Crippen LogP contribution in [0.4, 0.5) is 0 Å². The third-order valence-corrected chi connectivity index (χ3v) is 4.12. The molecule has 0 bridgehead atoms. The monoisotopic (exact) mass is 338 g/mol. The predicted molar refractivity (Wildman–Crippen MR) is 82.9 cm³/mol. The van der Waals surface area contributed by atoms with E-state index in [9.17, 15) is 14.4 Å². The first kappa shape index (κ1) is 16.1. The third kappa shape index (κ3) is 3.49. The highest BCUT2D eigenvalue weighted by Gasteiger charge is 2.41. The fraction of sp³-hybridized carbons (Fsp3) is 0.154. The topological polar surface area (TPSA) is 108 Å². The van der Waals surface area contributed by atoms with E-state index in [-0.39, 0.29) is 9.23 Å². The molecule has 2 N–H and O–H groups in total. The molecule has 1 saturated heterocycles. The molecule has 1 aliphatic heterocycles. The van der Waals surface area contributed by atoms with E-state index in [0.717, 1.165) is 16.7 Å². The van der Waals surface area contributed by atoms with Gasteiger partial charge in [0.1, 0.15) is 10.4 Å². The van der Waals surface area contributed by atoms with E-state index in [4.69, 9.17) is 22.4 Å². The molecule has 1 aromatic heterocycles. The summed E-state index contributed by atoms with van der Waals surface area (Å²) in [6.07, 6.45) is 3.94. The average Bonchev–Trinajstić information content (AvgIpc) is 2.72. The Balaban J connectivity index is 2.30. The minimum atomic E-state index is -1.52. The molecule has 2 heterocycles. The van der Waals surface area contributed by atoms with E-state index in [0.29, 0.717) is 5.56 Å². The van der Waals surface area contributed by atoms with E-state index in [2.05, 4.69) is 4.98 Å². The van der Waals surface area contributed by atoms with Crippen LogP contribution in [0.5, 0.6) is 0 Å². The molecule has 1 fully saturated rings. The molecule has 1 aliphatic rings. The average molecular weight is 338 g/mol. The molecule has 0 unspecified atom stereocenters. The van der Waals surface area contributed by atoms with Gasteiger partial charge in [-0.15, -0.1) is 0 Å². The summed E-state index contributed by atoms with van der Waals surface area (Å²) < 4.78 is 0.0268. The maximum Gasteiger partial charge on any atom is 0.327 e. The first-order valence-electron chi connectivity index (χ1n) is 6.02. The van der Waals surface area contributed by atoms with Gasteiger partial charge in [0.2, 0.25) is 0 Å². The number of hydrogen-bond acceptors (Lipinski definition) is 6. The van der Waals surface area contributed by atoms with Crippen molar-refractivity contribution >= 4 is 52.2 Å². The highest BCUT2D eigenvalue weighted by Crippen LogP contribution is 2.34. The molecule has 0 spiro atoms. The zero-order valence-corrected chi connectivity index (χ0v) is 12.6. The lowest BCUT2D eigenvalue weighted by molar-refractivity contribution is -0.150. The summed E-state index contributed by atoms with van der Waals surface area (Å²) in [5.74, 6) is -3.34. The summed E-state index contributed by atoms with van der Waals surface area (Å²) in [6.45, 7) is 0. The summed E-state index contributed by atoms with van der Waals surface area (Å²) in [5, 5.41) is 17.9. The molecular formula is C13H10N2O5S2. The van der Waals surface area contributed by atoms with Crippen molar-refractivity contribution in [1.82, 2.24) is 9.88 Å². The Morgan fingerprint density at radius 1 is 1.36 bits per heavy atom. The smallest absolute Gasteiger partial charge is 0.327 e. The normalized spacial score (nSPS) is 17.8. The minimum Gasteiger partial charge on any atom is -0.481 e. The van der Waals surface area contributed by atoms with Crippen molar-refractivity contribution in [3.05, 3.63) is 35.0 Å². The maximum atomic E-state index is 12.3. The Morgan fingerprint density at radius 3 is 2.55 bits per heavy atom. The fourth-order valence-electron chi connectivity index (χ4n) is 1.81. The van der Waals surface area contributed by atoms with Crippen LogP contribution in [0.15, 0.2) is 29.4 Å². The van der Waals surface area contributed by atoms with Crippen molar-refractivity contribution in [3.63, 3.8) is 0 Å². The van der Waals surface area contributed by atoms with Crippen LogP contribution in [0.25, 0.3) is 6.08 Å². The molecule has 2 rings (SSSR count). The van der Waals surface area contributed by atoms with E-state index >= 15 is 0 Å². The Hall–Kier alpha value is -2.26. The molecule has 22 heavy (non-hydrogen) atoms. The quantitative estimate of drug-likeness (QED) is 0.609. The van der Waals surface area contributed by atoms with Crippen molar-refractivity contribution in [2.45, 2.75) is 12.5 Å². The molecule has 0 aromatic carbocycles. The number of amides is 1. The molecule has 0 aliphatic carbocycles. The first-order chi connectivity index (χ1) is 10.4. The van der Waals surface area contributed by atoms with Gasteiger partial charge in [-0.1, -0.05) is 24.0 Å². The molecule has 1 atom stereocenters. The third-order valence-electron chi connectivity index (χ3n) is 2.79. The lowest BCUT2D eigenvalue weighted by Crippen LogP contribution is -2.45. The van der Waals surface area contributed by atoms with E-state index in [1.165, 1.54) is 0 Å². The van der Waals surface area contributed by atoms with Crippen molar-refractivity contribution in [2.24, 2.45) is 0 Å². The molecule has 9 heteroatoms. The number of aliphatic carboxylic acids is 2. The molecular weight excluding hydrogens is 328 g/mol. The number of pyridine rings is 1. The highest BCUT2D eigenvalue weighted by molar-refractivity contribution is 8.26. The summed E-state index contributed by atoms with van der Waals surface area (Å²) >= 11 is 5.96. The fourth-order valence-corrected chi connectivity index (χ4v) is 3.17. The lowest BCUT2D eigenvalue weighted by Gasteiger charge is -2.21. The second-order valence-electron chi connectivity index (χ2n) is 4.28. The van der Waals surface area contributed by atoms with Crippen LogP contribution in [0, 0.1) is 0 Å². The number of carbonyl (C=O) groups is 3. The molecule has 1 aromatic rings. The van der Waals surface area contributed by atoms with Gasteiger partial charge in [-0.05, 0) is 23.8 Å². The number of aromatic nitrogens is 1. The van der Waals surface area contributed by atoms with Crippen LogP contribution in [0.3, 0.4) is 0 Å². The number of hydrogen-bond donors (Lipinski definition) is 2. The van der Waals surface area contributed by atoms with Crippen molar-refractivity contribution in [2.75, 3.05) is 0 Å². The van der Waals surface area contributed by atoms with Gasteiger partial charge >= 0.3 is 11.9 Å². The second-order valence-corrected chi connectivity index (χ2v) is 5.96. The maximum absolute atomic E-state index is 12.3. The van der Waals surface area contributed by atoms with Crippen LogP contribution in [-0.2, 0) is 14.4 Å². The number of nitrogens with zero attached hydrogens (tertiary/aromatic N) is 2. The Labute approximate surface area is 134 Å². The lowest BCUT2D eigenvalue weighted by atomic mass is 10.1. The largest absolute Gasteiger partial charge is 0.481 e. The van der Waals surface area contributed by atoms with E-state index < -0.39 is 30.3 Å². The van der Waals surface area contributed by atoms with Crippen LogP contribution in [0.1, 0.15) is 12.0 Å². The van der Waals surface area contributed by atoms with Crippen LogP contribution < -0.4 is 0 Å². The number of thiocarbonyl (C=S) groups is 1. The summed E-state index contributed by atoms with van der Waals surface area (Å²) in [5.41, 5.74) is 0.709. The van der Waals surface area contributed by atoms with Crippen molar-refractivity contribution < 1.29 is 24.6 Å². The van der Waals surface area contributed by atoms with Crippen molar-refractivity contribution in [1.29, 1.82) is 0 Å². The van der Waals surface area contributed by atoms with Crippen LogP contribution in [0.2, 0.25) is 0 Å². The number of thioether (sulfide) groups is 1. The Morgan fingerprint density at radius 2 is 2.00 bits per heavy atom.